The van der Waals surface area contributed by atoms with Crippen LogP contribution in [-0.2, 0) is 4.74 Å². The molecule has 3 aromatic rings. The van der Waals surface area contributed by atoms with E-state index in [9.17, 15) is 4.79 Å². The number of fused-ring (bicyclic) bond motifs is 1. The third-order valence-corrected chi connectivity index (χ3v) is 5.63. The largest absolute Gasteiger partial charge is 0.472 e. The summed E-state index contributed by atoms with van der Waals surface area (Å²) in [6.45, 7) is 3.73. The smallest absolute Gasteiger partial charge is 0.257 e. The Morgan fingerprint density at radius 1 is 1.19 bits per heavy atom. The van der Waals surface area contributed by atoms with Crippen LogP contribution in [0.5, 0.6) is 5.88 Å². The number of aromatic nitrogens is 2. The van der Waals surface area contributed by atoms with Gasteiger partial charge in [-0.05, 0) is 42.2 Å². The van der Waals surface area contributed by atoms with Crippen molar-refractivity contribution in [3.63, 3.8) is 0 Å². The quantitative estimate of drug-likeness (QED) is 0.614. The maximum Gasteiger partial charge on any atom is 0.257 e. The van der Waals surface area contributed by atoms with Crippen LogP contribution in [0, 0.1) is 5.92 Å². The van der Waals surface area contributed by atoms with E-state index in [0.29, 0.717) is 23.2 Å². The molecule has 2 N–H and O–H groups in total. The highest BCUT2D eigenvalue weighted by molar-refractivity contribution is 6.04. The number of carbonyl (C=O) groups is 1. The predicted octanol–water partition coefficient (Wildman–Crippen LogP) is 4.14. The summed E-state index contributed by atoms with van der Waals surface area (Å²) in [4.78, 5) is 21.4. The van der Waals surface area contributed by atoms with Gasteiger partial charge in [-0.25, -0.2) is 9.97 Å². The molecule has 0 unspecified atom stereocenters. The number of nitrogens with zero attached hydrogens (tertiary/aromatic N) is 2. The number of benzene rings is 1. The fourth-order valence-corrected chi connectivity index (χ4v) is 3.60. The van der Waals surface area contributed by atoms with Crippen LogP contribution in [0.2, 0.25) is 0 Å². The minimum Gasteiger partial charge on any atom is -0.472 e. The van der Waals surface area contributed by atoms with E-state index < -0.39 is 0 Å². The summed E-state index contributed by atoms with van der Waals surface area (Å²) >= 11 is 0. The van der Waals surface area contributed by atoms with Crippen LogP contribution < -0.4 is 15.4 Å². The zero-order chi connectivity index (χ0) is 21.9. The van der Waals surface area contributed by atoms with Crippen molar-refractivity contribution in [1.82, 2.24) is 15.3 Å². The van der Waals surface area contributed by atoms with Gasteiger partial charge in [0.1, 0.15) is 17.7 Å². The minimum absolute atomic E-state index is 0.100. The maximum absolute atomic E-state index is 12.8. The molecule has 2 aliphatic heterocycles. The number of carbonyl (C=O) groups excluding carboxylic acids is 1. The third-order valence-electron chi connectivity index (χ3n) is 5.63. The van der Waals surface area contributed by atoms with E-state index >= 15 is 0 Å². The summed E-state index contributed by atoms with van der Waals surface area (Å²) in [5, 5.41) is 7.97. The van der Waals surface area contributed by atoms with Crippen LogP contribution >= 0.6 is 0 Å². The Kier molecular flexibility index (Phi) is 5.56. The molecule has 2 aromatic heterocycles. The molecule has 1 fully saturated rings. The van der Waals surface area contributed by atoms with Gasteiger partial charge < -0.3 is 20.1 Å². The molecule has 7 nitrogen and oxygen atoms in total. The zero-order valence-electron chi connectivity index (χ0n) is 17.7. The van der Waals surface area contributed by atoms with E-state index in [4.69, 9.17) is 9.47 Å². The monoisotopic (exact) mass is 428 g/mol. The number of anilines is 1. The van der Waals surface area contributed by atoms with Gasteiger partial charge in [0.2, 0.25) is 5.88 Å². The summed E-state index contributed by atoms with van der Waals surface area (Å²) in [6, 6.07) is 11.3. The lowest BCUT2D eigenvalue weighted by Gasteiger charge is -2.27. The lowest BCUT2D eigenvalue weighted by Crippen LogP contribution is -2.50. The maximum atomic E-state index is 12.8. The summed E-state index contributed by atoms with van der Waals surface area (Å²) in [7, 11) is 0. The Balaban J connectivity index is 1.34. The Bertz CT molecular complexity index is 1220. The average Bonchev–Trinajstić information content (AvgIpc) is 2.81. The van der Waals surface area contributed by atoms with Crippen molar-refractivity contribution in [3.05, 3.63) is 78.3 Å². The molecule has 0 aliphatic carbocycles. The first-order chi connectivity index (χ1) is 15.7. The van der Waals surface area contributed by atoms with E-state index in [1.165, 1.54) is 0 Å². The molecule has 1 aromatic carbocycles. The minimum atomic E-state index is -0.263. The van der Waals surface area contributed by atoms with E-state index in [1.807, 2.05) is 18.2 Å². The summed E-state index contributed by atoms with van der Waals surface area (Å²) < 4.78 is 11.5. The molecule has 2 aliphatic rings. The third kappa shape index (κ3) is 4.33. The molecule has 4 heterocycles. The van der Waals surface area contributed by atoms with Gasteiger partial charge in [0.05, 0.1) is 6.26 Å². The number of hydrogen-bond acceptors (Lipinski definition) is 6. The van der Waals surface area contributed by atoms with Crippen molar-refractivity contribution < 1.29 is 14.3 Å². The van der Waals surface area contributed by atoms with Crippen molar-refractivity contribution >= 4 is 28.3 Å². The highest BCUT2D eigenvalue weighted by Gasteiger charge is 2.19. The van der Waals surface area contributed by atoms with Crippen molar-refractivity contribution in [2.45, 2.75) is 19.4 Å². The van der Waals surface area contributed by atoms with E-state index in [1.54, 1.807) is 30.8 Å². The van der Waals surface area contributed by atoms with Crippen molar-refractivity contribution in [3.8, 4) is 5.88 Å². The Labute approximate surface area is 186 Å². The molecular formula is C25H24N4O3. The predicted molar refractivity (Wildman–Crippen MR) is 123 cm³/mol. The first-order valence-electron chi connectivity index (χ1n) is 10.8. The fourth-order valence-electron chi connectivity index (χ4n) is 3.60. The number of nitrogens with one attached hydrogen (secondary N) is 2. The lowest BCUT2D eigenvalue weighted by atomic mass is 10.0. The molecule has 162 valence electrons. The van der Waals surface area contributed by atoms with Crippen LogP contribution in [0.15, 0.2) is 67.2 Å². The highest BCUT2D eigenvalue weighted by Crippen LogP contribution is 2.28. The average molecular weight is 428 g/mol. The normalized spacial score (nSPS) is 17.9. The number of amides is 1. The van der Waals surface area contributed by atoms with Crippen molar-refractivity contribution in [1.29, 1.82) is 0 Å². The number of ether oxygens (including phenoxy) is 2. The van der Waals surface area contributed by atoms with E-state index in [-0.39, 0.29) is 12.0 Å². The molecule has 1 amide bonds. The lowest BCUT2D eigenvalue weighted by molar-refractivity contribution is 0.102. The Morgan fingerprint density at radius 3 is 2.91 bits per heavy atom. The second kappa shape index (κ2) is 8.80. The van der Waals surface area contributed by atoms with E-state index in [0.717, 1.165) is 41.6 Å². The van der Waals surface area contributed by atoms with Crippen molar-refractivity contribution in [2.75, 3.05) is 18.4 Å². The van der Waals surface area contributed by atoms with Gasteiger partial charge >= 0.3 is 0 Å². The summed E-state index contributed by atoms with van der Waals surface area (Å²) in [5.74, 6) is 1.87. The Hall–Kier alpha value is -3.71. The summed E-state index contributed by atoms with van der Waals surface area (Å²) in [6.07, 6.45) is 10.4. The van der Waals surface area contributed by atoms with Crippen LogP contribution in [-0.4, -0.2) is 35.1 Å². The van der Waals surface area contributed by atoms with Gasteiger partial charge in [-0.1, -0.05) is 19.1 Å². The second-order valence-corrected chi connectivity index (χ2v) is 7.92. The molecular weight excluding hydrogens is 404 g/mol. The van der Waals surface area contributed by atoms with Gasteiger partial charge in [0, 0.05) is 54.0 Å². The van der Waals surface area contributed by atoms with Crippen LogP contribution in [0.3, 0.4) is 0 Å². The zero-order valence-corrected chi connectivity index (χ0v) is 17.7. The standard InChI is InChI=1S/C25H24N4O3/c1-2-16-6-8-31-22(9-16)17-3-4-19-13-28-23(11-20(19)10-17)29-25(30)18-5-7-27-24(12-18)32-21-14-26-15-21/h3-13,16,21,26H,2,14-15H2,1H3,(H,28,29,30)/t16-/m0/s1. The van der Waals surface area contributed by atoms with Crippen LogP contribution in [0.25, 0.3) is 16.5 Å². The molecule has 1 atom stereocenters. The number of allylic oxidation sites excluding steroid dienone is 2. The van der Waals surface area contributed by atoms with Gasteiger partial charge in [-0.2, -0.15) is 0 Å². The molecule has 0 spiro atoms. The van der Waals surface area contributed by atoms with Crippen LogP contribution in [0.4, 0.5) is 5.82 Å². The molecule has 0 radical (unpaired) electrons. The molecule has 1 saturated heterocycles. The first kappa shape index (κ1) is 20.2. The van der Waals surface area contributed by atoms with E-state index in [2.05, 4.69) is 45.7 Å². The van der Waals surface area contributed by atoms with Gasteiger partial charge in [0.15, 0.2) is 0 Å². The highest BCUT2D eigenvalue weighted by atomic mass is 16.5. The molecule has 0 bridgehead atoms. The number of rotatable bonds is 6. The molecule has 0 saturated carbocycles. The van der Waals surface area contributed by atoms with Crippen molar-refractivity contribution in [2.24, 2.45) is 5.92 Å². The molecule has 7 heteroatoms. The van der Waals surface area contributed by atoms with Crippen LogP contribution in [0.1, 0.15) is 29.3 Å². The fraction of sp³-hybridized carbons (Fsp3) is 0.240. The Morgan fingerprint density at radius 2 is 2.09 bits per heavy atom. The SMILES string of the molecule is CC[C@H]1C=COC(c2ccc3cnc(NC(=O)c4ccnc(OC5CNC5)c4)cc3c2)=C1. The number of hydrogen-bond donors (Lipinski definition) is 2. The first-order valence-corrected chi connectivity index (χ1v) is 10.8. The van der Waals surface area contributed by atoms with Gasteiger partial charge in [0.25, 0.3) is 5.91 Å². The van der Waals surface area contributed by atoms with Gasteiger partial charge in [-0.15, -0.1) is 0 Å². The van der Waals surface area contributed by atoms with Gasteiger partial charge in [-0.3, -0.25) is 4.79 Å². The second-order valence-electron chi connectivity index (χ2n) is 7.92. The topological polar surface area (TPSA) is 85.4 Å². The number of pyridine rings is 2. The molecule has 5 rings (SSSR count). The molecule has 32 heavy (non-hydrogen) atoms. The summed E-state index contributed by atoms with van der Waals surface area (Å²) in [5.41, 5.74) is 1.46.